The fraction of sp³-hybridized carbons (Fsp3) is 0.562. The maximum absolute atomic E-state index is 12.7. The third kappa shape index (κ3) is 3.81. The Kier molecular flexibility index (Phi) is 5.73. The van der Waals surface area contributed by atoms with Gasteiger partial charge in [-0.3, -0.25) is 4.79 Å². The number of hydrogen-bond acceptors (Lipinski definition) is 4. The Morgan fingerprint density at radius 1 is 1.38 bits per heavy atom. The molecule has 116 valence electrons. The lowest BCUT2D eigenvalue weighted by molar-refractivity contribution is -0.130. The molecule has 5 heteroatoms. The van der Waals surface area contributed by atoms with Gasteiger partial charge in [-0.15, -0.1) is 0 Å². The molecule has 2 rings (SSSR count). The van der Waals surface area contributed by atoms with Gasteiger partial charge in [0.2, 0.25) is 5.91 Å². The molecule has 1 fully saturated rings. The van der Waals surface area contributed by atoms with E-state index in [1.165, 1.54) is 0 Å². The van der Waals surface area contributed by atoms with E-state index >= 15 is 0 Å². The van der Waals surface area contributed by atoms with E-state index in [0.717, 1.165) is 11.3 Å². The summed E-state index contributed by atoms with van der Waals surface area (Å²) in [5.74, 6) is -0.0164. The van der Waals surface area contributed by atoms with Gasteiger partial charge in [-0.1, -0.05) is 18.2 Å². The average Bonchev–Trinajstić information content (AvgIpc) is 2.54. The first-order valence-corrected chi connectivity index (χ1v) is 7.47. The van der Waals surface area contributed by atoms with E-state index in [0.29, 0.717) is 45.8 Å². The minimum absolute atomic E-state index is 0.0164. The smallest absolute Gasteiger partial charge is 0.232 e. The fourth-order valence-corrected chi connectivity index (χ4v) is 2.52. The Morgan fingerprint density at radius 3 is 2.76 bits per heavy atom. The van der Waals surface area contributed by atoms with Gasteiger partial charge < -0.3 is 20.5 Å². The second-order valence-corrected chi connectivity index (χ2v) is 5.35. The third-order valence-electron chi connectivity index (χ3n) is 4.05. The predicted octanol–water partition coefficient (Wildman–Crippen LogP) is 1.92. The van der Waals surface area contributed by atoms with Crippen LogP contribution in [0.1, 0.15) is 25.3 Å². The van der Waals surface area contributed by atoms with Gasteiger partial charge >= 0.3 is 0 Å². The Bertz CT molecular complexity index is 470. The first kappa shape index (κ1) is 15.9. The van der Waals surface area contributed by atoms with Gasteiger partial charge in [-0.05, 0) is 25.8 Å². The number of hydrogen-bond donors (Lipinski definition) is 2. The van der Waals surface area contributed by atoms with Crippen LogP contribution in [0.3, 0.4) is 0 Å². The van der Waals surface area contributed by atoms with E-state index in [-0.39, 0.29) is 5.91 Å². The molecule has 0 radical (unpaired) electrons. The van der Waals surface area contributed by atoms with Crippen molar-refractivity contribution < 1.29 is 14.3 Å². The van der Waals surface area contributed by atoms with Crippen molar-refractivity contribution in [3.05, 3.63) is 29.8 Å². The fourth-order valence-electron chi connectivity index (χ4n) is 2.52. The lowest BCUT2D eigenvalue weighted by Gasteiger charge is -2.34. The molecule has 0 saturated carbocycles. The van der Waals surface area contributed by atoms with Crippen molar-refractivity contribution in [2.24, 2.45) is 11.1 Å². The summed E-state index contributed by atoms with van der Waals surface area (Å²) in [7, 11) is 0. The molecule has 0 bridgehead atoms. The highest BCUT2D eigenvalue weighted by molar-refractivity contribution is 5.96. The van der Waals surface area contributed by atoms with Gasteiger partial charge in [0.15, 0.2) is 0 Å². The van der Waals surface area contributed by atoms with E-state index in [2.05, 4.69) is 5.32 Å². The molecule has 1 saturated heterocycles. The van der Waals surface area contributed by atoms with Crippen LogP contribution in [0.15, 0.2) is 24.3 Å². The van der Waals surface area contributed by atoms with Crippen LogP contribution in [0.2, 0.25) is 0 Å². The standard InChI is InChI=1S/C16H24N2O3/c1-2-20-11-13-5-3-4-6-14(13)18-15(19)16(12-17)7-9-21-10-8-16/h3-6H,2,7-12,17H2,1H3,(H,18,19). The van der Waals surface area contributed by atoms with E-state index in [1.54, 1.807) is 0 Å². The largest absolute Gasteiger partial charge is 0.381 e. The van der Waals surface area contributed by atoms with Crippen molar-refractivity contribution in [1.82, 2.24) is 0 Å². The Morgan fingerprint density at radius 2 is 2.10 bits per heavy atom. The Balaban J connectivity index is 2.11. The number of benzene rings is 1. The van der Waals surface area contributed by atoms with Crippen LogP contribution in [0, 0.1) is 5.41 Å². The molecule has 1 aliphatic rings. The number of anilines is 1. The van der Waals surface area contributed by atoms with Crippen LogP contribution in [0.4, 0.5) is 5.69 Å². The van der Waals surface area contributed by atoms with Gasteiger partial charge in [-0.2, -0.15) is 0 Å². The molecule has 1 aromatic rings. The number of nitrogens with one attached hydrogen (secondary N) is 1. The molecule has 3 N–H and O–H groups in total. The van der Waals surface area contributed by atoms with E-state index in [4.69, 9.17) is 15.2 Å². The first-order chi connectivity index (χ1) is 10.2. The van der Waals surface area contributed by atoms with Crippen molar-refractivity contribution in [2.75, 3.05) is 31.7 Å². The lowest BCUT2D eigenvalue weighted by atomic mass is 9.79. The number of carbonyl (C=O) groups excluding carboxylic acids is 1. The molecule has 1 aliphatic heterocycles. The summed E-state index contributed by atoms with van der Waals surface area (Å²) in [5.41, 5.74) is 7.13. The SMILES string of the molecule is CCOCc1ccccc1NC(=O)C1(CN)CCOCC1. The number of nitrogens with two attached hydrogens (primary N) is 1. The van der Waals surface area contributed by atoms with Gasteiger partial charge in [0.25, 0.3) is 0 Å². The third-order valence-corrected chi connectivity index (χ3v) is 4.05. The van der Waals surface area contributed by atoms with Crippen molar-refractivity contribution in [2.45, 2.75) is 26.4 Å². The summed E-state index contributed by atoms with van der Waals surface area (Å²) < 4.78 is 10.8. The van der Waals surface area contributed by atoms with Crippen LogP contribution >= 0.6 is 0 Å². The van der Waals surface area contributed by atoms with Gasteiger partial charge in [-0.25, -0.2) is 0 Å². The minimum Gasteiger partial charge on any atom is -0.381 e. The molecular formula is C16H24N2O3. The van der Waals surface area contributed by atoms with Gasteiger partial charge in [0.05, 0.1) is 12.0 Å². The number of rotatable bonds is 6. The molecule has 21 heavy (non-hydrogen) atoms. The molecule has 0 aromatic heterocycles. The molecule has 0 aliphatic carbocycles. The highest BCUT2D eigenvalue weighted by Crippen LogP contribution is 2.31. The second-order valence-electron chi connectivity index (χ2n) is 5.35. The summed E-state index contributed by atoms with van der Waals surface area (Å²) >= 11 is 0. The first-order valence-electron chi connectivity index (χ1n) is 7.47. The predicted molar refractivity (Wildman–Crippen MR) is 81.9 cm³/mol. The molecule has 1 heterocycles. The van der Waals surface area contributed by atoms with Crippen molar-refractivity contribution >= 4 is 11.6 Å². The zero-order valence-corrected chi connectivity index (χ0v) is 12.6. The maximum atomic E-state index is 12.7. The summed E-state index contributed by atoms with van der Waals surface area (Å²) in [5, 5.41) is 3.03. The quantitative estimate of drug-likeness (QED) is 0.840. The van der Waals surface area contributed by atoms with Crippen molar-refractivity contribution in [3.8, 4) is 0 Å². The molecule has 0 spiro atoms. The van der Waals surface area contributed by atoms with Crippen LogP contribution in [0.25, 0.3) is 0 Å². The summed E-state index contributed by atoms with van der Waals surface area (Å²) in [6, 6.07) is 7.71. The monoisotopic (exact) mass is 292 g/mol. The van der Waals surface area contributed by atoms with E-state index in [1.807, 2.05) is 31.2 Å². The van der Waals surface area contributed by atoms with Crippen LogP contribution < -0.4 is 11.1 Å². The number of ether oxygens (including phenoxy) is 2. The lowest BCUT2D eigenvalue weighted by Crippen LogP contribution is -2.46. The molecule has 0 unspecified atom stereocenters. The highest BCUT2D eigenvalue weighted by Gasteiger charge is 2.38. The molecule has 1 aromatic carbocycles. The topological polar surface area (TPSA) is 73.6 Å². The number of para-hydroxylation sites is 1. The highest BCUT2D eigenvalue weighted by atomic mass is 16.5. The van der Waals surface area contributed by atoms with E-state index < -0.39 is 5.41 Å². The van der Waals surface area contributed by atoms with Crippen molar-refractivity contribution in [3.63, 3.8) is 0 Å². The summed E-state index contributed by atoms with van der Waals surface area (Å²) in [6.45, 7) is 4.61. The Hall–Kier alpha value is -1.43. The van der Waals surface area contributed by atoms with Gasteiger partial charge in [0, 0.05) is 37.6 Å². The molecular weight excluding hydrogens is 268 g/mol. The molecule has 0 atom stereocenters. The average molecular weight is 292 g/mol. The summed E-state index contributed by atoms with van der Waals surface area (Å²) in [6.07, 6.45) is 1.34. The minimum atomic E-state index is -0.517. The molecule has 5 nitrogen and oxygen atoms in total. The summed E-state index contributed by atoms with van der Waals surface area (Å²) in [4.78, 5) is 12.7. The van der Waals surface area contributed by atoms with Crippen molar-refractivity contribution in [1.29, 1.82) is 0 Å². The number of amides is 1. The zero-order chi connectivity index (χ0) is 15.1. The van der Waals surface area contributed by atoms with E-state index in [9.17, 15) is 4.79 Å². The van der Waals surface area contributed by atoms with Crippen LogP contribution in [0.5, 0.6) is 0 Å². The van der Waals surface area contributed by atoms with Crippen LogP contribution in [-0.2, 0) is 20.9 Å². The number of carbonyl (C=O) groups is 1. The Labute approximate surface area is 125 Å². The maximum Gasteiger partial charge on any atom is 0.232 e. The second kappa shape index (κ2) is 7.54. The zero-order valence-electron chi connectivity index (χ0n) is 12.6. The van der Waals surface area contributed by atoms with Crippen LogP contribution in [-0.4, -0.2) is 32.3 Å². The normalized spacial score (nSPS) is 17.4. The molecule has 1 amide bonds. The van der Waals surface area contributed by atoms with Gasteiger partial charge in [0.1, 0.15) is 0 Å².